The van der Waals surface area contributed by atoms with E-state index < -0.39 is 6.04 Å². The van der Waals surface area contributed by atoms with Gasteiger partial charge in [-0.25, -0.2) is 0 Å². The van der Waals surface area contributed by atoms with Crippen LogP contribution in [0.1, 0.15) is 38.7 Å². The van der Waals surface area contributed by atoms with Gasteiger partial charge in [-0.05, 0) is 62.2 Å². The van der Waals surface area contributed by atoms with Crippen LogP contribution < -0.4 is 15.4 Å². The normalized spacial score (nSPS) is 12.9. The third-order valence-corrected chi connectivity index (χ3v) is 5.17. The number of nitrogens with zero attached hydrogens (tertiary/aromatic N) is 1. The Kier molecular flexibility index (Phi) is 8.21. The first-order chi connectivity index (χ1) is 13.8. The maximum absolute atomic E-state index is 12.7. The number of para-hydroxylation sites is 1. The Bertz CT molecular complexity index is 820. The smallest absolute Gasteiger partial charge is 0.241 e. The summed E-state index contributed by atoms with van der Waals surface area (Å²) in [4.78, 5) is 26.8. The fraction of sp³-hybridized carbons (Fsp3) is 0.391. The second kappa shape index (κ2) is 10.6. The topological polar surface area (TPSA) is 70.7 Å². The van der Waals surface area contributed by atoms with Crippen molar-refractivity contribution in [3.05, 3.63) is 54.1 Å². The molecule has 0 fully saturated rings. The van der Waals surface area contributed by atoms with E-state index in [1.54, 1.807) is 50.2 Å². The Morgan fingerprint density at radius 1 is 1.03 bits per heavy atom. The summed E-state index contributed by atoms with van der Waals surface area (Å²) in [6, 6.07) is 14.5. The van der Waals surface area contributed by atoms with Gasteiger partial charge in [0, 0.05) is 11.4 Å². The van der Waals surface area contributed by atoms with Gasteiger partial charge < -0.3 is 15.4 Å². The van der Waals surface area contributed by atoms with Crippen molar-refractivity contribution < 1.29 is 14.3 Å². The van der Waals surface area contributed by atoms with Crippen LogP contribution in [0.25, 0.3) is 0 Å². The quantitative estimate of drug-likeness (QED) is 0.668. The summed E-state index contributed by atoms with van der Waals surface area (Å²) >= 11 is 0. The van der Waals surface area contributed by atoms with Crippen LogP contribution >= 0.6 is 0 Å². The lowest BCUT2D eigenvalue weighted by atomic mass is 9.97. The minimum atomic E-state index is -0.457. The maximum Gasteiger partial charge on any atom is 0.241 e. The van der Waals surface area contributed by atoms with Gasteiger partial charge in [0.2, 0.25) is 11.8 Å². The molecule has 29 heavy (non-hydrogen) atoms. The van der Waals surface area contributed by atoms with Gasteiger partial charge in [0.05, 0.1) is 19.7 Å². The van der Waals surface area contributed by atoms with E-state index in [-0.39, 0.29) is 18.4 Å². The number of hydrogen-bond donors (Lipinski definition) is 2. The molecule has 0 unspecified atom stereocenters. The largest absolute Gasteiger partial charge is 0.497 e. The fourth-order valence-electron chi connectivity index (χ4n) is 2.94. The molecule has 0 spiro atoms. The highest BCUT2D eigenvalue weighted by molar-refractivity contribution is 5.96. The van der Waals surface area contributed by atoms with Crippen molar-refractivity contribution in [1.29, 1.82) is 0 Å². The zero-order valence-corrected chi connectivity index (χ0v) is 17.9. The van der Waals surface area contributed by atoms with Gasteiger partial charge in [-0.2, -0.15) is 0 Å². The van der Waals surface area contributed by atoms with Crippen LogP contribution in [0.5, 0.6) is 5.75 Å². The molecule has 2 N–H and O–H groups in total. The molecule has 156 valence electrons. The van der Waals surface area contributed by atoms with Gasteiger partial charge in [-0.1, -0.05) is 32.0 Å². The highest BCUT2D eigenvalue weighted by Crippen LogP contribution is 2.26. The number of likely N-dealkylation sites (N-methyl/N-ethyl adjacent to an activating group) is 1. The summed E-state index contributed by atoms with van der Waals surface area (Å²) in [6.07, 6.45) is 0.994. The number of methoxy groups -OCH3 is 1. The van der Waals surface area contributed by atoms with E-state index in [0.717, 1.165) is 23.4 Å². The fourth-order valence-corrected chi connectivity index (χ4v) is 2.94. The number of amides is 2. The second-order valence-corrected chi connectivity index (χ2v) is 7.25. The van der Waals surface area contributed by atoms with Crippen LogP contribution in [0.2, 0.25) is 0 Å². The predicted octanol–water partition coefficient (Wildman–Crippen LogP) is 4.11. The molecule has 2 aromatic carbocycles. The molecule has 0 heterocycles. The molecule has 0 aliphatic carbocycles. The van der Waals surface area contributed by atoms with Crippen molar-refractivity contribution in [2.45, 2.75) is 39.2 Å². The predicted molar refractivity (Wildman–Crippen MR) is 117 cm³/mol. The van der Waals surface area contributed by atoms with E-state index in [4.69, 9.17) is 4.74 Å². The van der Waals surface area contributed by atoms with E-state index in [2.05, 4.69) is 24.5 Å². The molecule has 2 amide bonds. The van der Waals surface area contributed by atoms with Crippen molar-refractivity contribution in [2.24, 2.45) is 0 Å². The first-order valence-corrected chi connectivity index (χ1v) is 9.89. The molecule has 2 rings (SSSR count). The Hall–Kier alpha value is -2.86. The lowest BCUT2D eigenvalue weighted by molar-refractivity contribution is -0.122. The standard InChI is InChI=1S/C23H31N3O3/c1-6-16(2)20-9-7-8-10-21(20)25-23(28)17(3)26(4)15-22(27)24-18-11-13-19(29-5)14-12-18/h7-14,16-17H,6,15H2,1-5H3,(H,24,27)(H,25,28)/t16-,17+/m0/s1. The number of benzene rings is 2. The molecule has 0 radical (unpaired) electrons. The lowest BCUT2D eigenvalue weighted by Gasteiger charge is -2.24. The average Bonchev–Trinajstić information content (AvgIpc) is 2.73. The van der Waals surface area contributed by atoms with Crippen molar-refractivity contribution in [3.8, 4) is 5.75 Å². The minimum absolute atomic E-state index is 0.105. The number of anilines is 2. The molecule has 0 aromatic heterocycles. The molecule has 0 aliphatic rings. The van der Waals surface area contributed by atoms with E-state index >= 15 is 0 Å². The van der Waals surface area contributed by atoms with Gasteiger partial charge in [-0.15, -0.1) is 0 Å². The van der Waals surface area contributed by atoms with Gasteiger partial charge in [0.25, 0.3) is 0 Å². The number of ether oxygens (including phenoxy) is 1. The van der Waals surface area contributed by atoms with Crippen LogP contribution in [0.15, 0.2) is 48.5 Å². The van der Waals surface area contributed by atoms with Gasteiger partial charge in [0.15, 0.2) is 0 Å². The zero-order valence-electron chi connectivity index (χ0n) is 17.9. The van der Waals surface area contributed by atoms with Gasteiger partial charge in [-0.3, -0.25) is 14.5 Å². The Morgan fingerprint density at radius 3 is 2.31 bits per heavy atom. The molecular weight excluding hydrogens is 366 g/mol. The summed E-state index contributed by atoms with van der Waals surface area (Å²) in [5, 5.41) is 5.85. The molecule has 0 aliphatic heterocycles. The number of rotatable bonds is 9. The Morgan fingerprint density at radius 2 is 1.69 bits per heavy atom. The summed E-state index contributed by atoms with van der Waals surface area (Å²) in [6.45, 7) is 6.17. The lowest BCUT2D eigenvalue weighted by Crippen LogP contribution is -2.43. The third-order valence-electron chi connectivity index (χ3n) is 5.17. The van der Waals surface area contributed by atoms with Crippen molar-refractivity contribution in [1.82, 2.24) is 4.90 Å². The molecule has 6 heteroatoms. The van der Waals surface area contributed by atoms with E-state index in [0.29, 0.717) is 11.6 Å². The van der Waals surface area contributed by atoms with E-state index in [1.807, 2.05) is 24.3 Å². The molecule has 2 atom stereocenters. The summed E-state index contributed by atoms with van der Waals surface area (Å²) in [5.41, 5.74) is 2.63. The van der Waals surface area contributed by atoms with Crippen molar-refractivity contribution in [3.63, 3.8) is 0 Å². The summed E-state index contributed by atoms with van der Waals surface area (Å²) in [7, 11) is 3.36. The molecule has 2 aromatic rings. The highest BCUT2D eigenvalue weighted by Gasteiger charge is 2.21. The zero-order chi connectivity index (χ0) is 21.4. The van der Waals surface area contributed by atoms with Gasteiger partial charge in [0.1, 0.15) is 5.75 Å². The SMILES string of the molecule is CC[C@H](C)c1ccccc1NC(=O)[C@@H](C)N(C)CC(=O)Nc1ccc(OC)cc1. The summed E-state index contributed by atoms with van der Waals surface area (Å²) in [5.74, 6) is 0.760. The van der Waals surface area contributed by atoms with Crippen LogP contribution in [-0.2, 0) is 9.59 Å². The third kappa shape index (κ3) is 6.32. The second-order valence-electron chi connectivity index (χ2n) is 7.25. The molecule has 0 saturated carbocycles. The number of carbonyl (C=O) groups excluding carboxylic acids is 2. The number of hydrogen-bond acceptors (Lipinski definition) is 4. The Balaban J connectivity index is 1.94. The van der Waals surface area contributed by atoms with Crippen molar-refractivity contribution in [2.75, 3.05) is 31.3 Å². The van der Waals surface area contributed by atoms with Crippen LogP contribution in [0, 0.1) is 0 Å². The highest BCUT2D eigenvalue weighted by atomic mass is 16.5. The molecular formula is C23H31N3O3. The number of nitrogens with one attached hydrogen (secondary N) is 2. The summed E-state index contributed by atoms with van der Waals surface area (Å²) < 4.78 is 5.11. The Labute approximate surface area is 173 Å². The first-order valence-electron chi connectivity index (χ1n) is 9.89. The molecule has 0 bridgehead atoms. The first kappa shape index (κ1) is 22.4. The average molecular weight is 398 g/mol. The van der Waals surface area contributed by atoms with Crippen molar-refractivity contribution >= 4 is 23.2 Å². The number of carbonyl (C=O) groups is 2. The molecule has 0 saturated heterocycles. The maximum atomic E-state index is 12.7. The van der Waals surface area contributed by atoms with Gasteiger partial charge >= 0.3 is 0 Å². The van der Waals surface area contributed by atoms with Crippen LogP contribution in [-0.4, -0.2) is 43.5 Å². The van der Waals surface area contributed by atoms with Crippen LogP contribution in [0.4, 0.5) is 11.4 Å². The monoisotopic (exact) mass is 397 g/mol. The minimum Gasteiger partial charge on any atom is -0.497 e. The van der Waals surface area contributed by atoms with Crippen LogP contribution in [0.3, 0.4) is 0 Å². The van der Waals surface area contributed by atoms with E-state index in [9.17, 15) is 9.59 Å². The van der Waals surface area contributed by atoms with E-state index in [1.165, 1.54) is 0 Å². The molecule has 6 nitrogen and oxygen atoms in total.